The monoisotopic (exact) mass is 414 g/mol. The molecule has 0 aromatic heterocycles. The largest absolute Gasteiger partial charge is 0.354 e. The Hall–Kier alpha value is -1.26. The minimum atomic E-state index is -0.109. The summed E-state index contributed by atoms with van der Waals surface area (Å²) in [5.41, 5.74) is 3.30. The zero-order valence-electron chi connectivity index (χ0n) is 15.0. The van der Waals surface area contributed by atoms with Crippen LogP contribution in [0.1, 0.15) is 25.3 Å². The summed E-state index contributed by atoms with van der Waals surface area (Å²) in [7, 11) is 1.82. The lowest BCUT2D eigenvalue weighted by Crippen LogP contribution is -2.43. The predicted molar refractivity (Wildman–Crippen MR) is 114 cm³/mol. The first-order valence-electron chi connectivity index (χ1n) is 8.54. The highest BCUT2D eigenvalue weighted by molar-refractivity contribution is 6.42. The fraction of sp³-hybridized carbons (Fsp3) is 0.350. The standard InChI is InChI=1S/C20H24Cl2N2O.ClH/c1-3-4-19(23-2)20(25)24-12-11-14-5-7-15(8-6-14)16-9-10-17(21)18(22)13-16;/h5-10,13,19,23H,3-4,11-12H2,1-2H3,(H,24,25);1H. The molecule has 0 fully saturated rings. The maximum absolute atomic E-state index is 12.1. The molecule has 0 aliphatic heterocycles. The molecule has 0 saturated carbocycles. The van der Waals surface area contributed by atoms with Gasteiger partial charge in [-0.3, -0.25) is 4.79 Å². The third-order valence-electron chi connectivity index (χ3n) is 4.16. The molecule has 2 aromatic rings. The van der Waals surface area contributed by atoms with E-state index in [0.717, 1.165) is 30.4 Å². The van der Waals surface area contributed by atoms with Gasteiger partial charge in [-0.15, -0.1) is 12.4 Å². The second-order valence-electron chi connectivity index (χ2n) is 6.00. The number of hydrogen-bond donors (Lipinski definition) is 2. The molecule has 26 heavy (non-hydrogen) atoms. The van der Waals surface area contributed by atoms with Gasteiger partial charge in [0.25, 0.3) is 0 Å². The molecule has 0 saturated heterocycles. The SMILES string of the molecule is CCCC(NC)C(=O)NCCc1ccc(-c2ccc(Cl)c(Cl)c2)cc1.Cl. The van der Waals surface area contributed by atoms with Gasteiger partial charge in [-0.05, 0) is 48.7 Å². The Balaban J connectivity index is 0.00000338. The third kappa shape index (κ3) is 6.48. The van der Waals surface area contributed by atoms with Crippen molar-refractivity contribution in [2.45, 2.75) is 32.2 Å². The van der Waals surface area contributed by atoms with Crippen molar-refractivity contribution in [3.63, 3.8) is 0 Å². The Bertz CT molecular complexity index is 705. The number of benzene rings is 2. The van der Waals surface area contributed by atoms with Gasteiger partial charge in [0, 0.05) is 6.54 Å². The van der Waals surface area contributed by atoms with Gasteiger partial charge in [0.1, 0.15) is 0 Å². The van der Waals surface area contributed by atoms with E-state index >= 15 is 0 Å². The average molecular weight is 416 g/mol. The summed E-state index contributed by atoms with van der Waals surface area (Å²) in [6, 6.07) is 13.8. The van der Waals surface area contributed by atoms with E-state index in [2.05, 4.69) is 41.8 Å². The van der Waals surface area contributed by atoms with Crippen LogP contribution >= 0.6 is 35.6 Å². The molecule has 0 spiro atoms. The van der Waals surface area contributed by atoms with E-state index in [-0.39, 0.29) is 24.4 Å². The van der Waals surface area contributed by atoms with Crippen LogP contribution in [0.5, 0.6) is 0 Å². The second-order valence-corrected chi connectivity index (χ2v) is 6.81. The number of likely N-dealkylation sites (N-methyl/N-ethyl adjacent to an activating group) is 1. The van der Waals surface area contributed by atoms with Gasteiger partial charge in [-0.25, -0.2) is 0 Å². The summed E-state index contributed by atoms with van der Waals surface area (Å²) in [6.07, 6.45) is 2.63. The lowest BCUT2D eigenvalue weighted by Gasteiger charge is -2.15. The number of rotatable bonds is 8. The smallest absolute Gasteiger partial charge is 0.237 e. The van der Waals surface area contributed by atoms with E-state index in [9.17, 15) is 4.79 Å². The highest BCUT2D eigenvalue weighted by Crippen LogP contribution is 2.28. The molecule has 0 heterocycles. The summed E-state index contributed by atoms with van der Waals surface area (Å²) >= 11 is 12.0. The molecule has 1 unspecified atom stereocenters. The third-order valence-corrected chi connectivity index (χ3v) is 4.90. The molecule has 2 rings (SSSR count). The van der Waals surface area contributed by atoms with Crippen LogP contribution in [0.15, 0.2) is 42.5 Å². The highest BCUT2D eigenvalue weighted by Gasteiger charge is 2.14. The second kappa shape index (κ2) is 11.5. The maximum atomic E-state index is 12.1. The number of carbonyl (C=O) groups is 1. The predicted octanol–water partition coefficient (Wildman–Crippen LogP) is 5.13. The molecule has 0 bridgehead atoms. The van der Waals surface area contributed by atoms with Crippen LogP contribution in [0.3, 0.4) is 0 Å². The van der Waals surface area contributed by atoms with E-state index in [4.69, 9.17) is 23.2 Å². The minimum absolute atomic E-state index is 0. The van der Waals surface area contributed by atoms with Crippen LogP contribution in [0, 0.1) is 0 Å². The molecule has 142 valence electrons. The van der Waals surface area contributed by atoms with Crippen LogP contribution in [-0.2, 0) is 11.2 Å². The van der Waals surface area contributed by atoms with Gasteiger partial charge in [-0.1, -0.05) is 66.9 Å². The van der Waals surface area contributed by atoms with Crippen LogP contribution in [0.2, 0.25) is 10.0 Å². The minimum Gasteiger partial charge on any atom is -0.354 e. The Morgan fingerprint density at radius 1 is 1.04 bits per heavy atom. The van der Waals surface area contributed by atoms with E-state index < -0.39 is 0 Å². The fourth-order valence-electron chi connectivity index (χ4n) is 2.69. The van der Waals surface area contributed by atoms with Crippen molar-refractivity contribution in [2.24, 2.45) is 0 Å². The molecule has 0 aliphatic rings. The summed E-state index contributed by atoms with van der Waals surface area (Å²) in [6.45, 7) is 2.71. The lowest BCUT2D eigenvalue weighted by molar-refractivity contribution is -0.123. The van der Waals surface area contributed by atoms with E-state index in [0.29, 0.717) is 16.6 Å². The maximum Gasteiger partial charge on any atom is 0.237 e. The Morgan fingerprint density at radius 2 is 1.69 bits per heavy atom. The highest BCUT2D eigenvalue weighted by atomic mass is 35.5. The summed E-state index contributed by atoms with van der Waals surface area (Å²) in [4.78, 5) is 12.1. The van der Waals surface area contributed by atoms with Gasteiger partial charge in [0.15, 0.2) is 0 Å². The number of hydrogen-bond acceptors (Lipinski definition) is 2. The van der Waals surface area contributed by atoms with Gasteiger partial charge < -0.3 is 10.6 Å². The molecule has 6 heteroatoms. The molecule has 0 aliphatic carbocycles. The molecular formula is C20H25Cl3N2O. The van der Waals surface area contributed by atoms with Gasteiger partial charge in [-0.2, -0.15) is 0 Å². The topological polar surface area (TPSA) is 41.1 Å². The quantitative estimate of drug-likeness (QED) is 0.627. The number of amides is 1. The zero-order valence-corrected chi connectivity index (χ0v) is 17.3. The Kier molecular flexibility index (Phi) is 10.0. The van der Waals surface area contributed by atoms with Crippen molar-refractivity contribution in [2.75, 3.05) is 13.6 Å². The Labute approximate surface area is 171 Å². The van der Waals surface area contributed by atoms with E-state index in [1.165, 1.54) is 5.56 Å². The molecule has 1 amide bonds. The molecule has 0 radical (unpaired) electrons. The van der Waals surface area contributed by atoms with E-state index in [1.807, 2.05) is 19.2 Å². The normalized spacial score (nSPS) is 11.5. The first-order valence-corrected chi connectivity index (χ1v) is 9.30. The van der Waals surface area contributed by atoms with Crippen LogP contribution in [0.25, 0.3) is 11.1 Å². The zero-order chi connectivity index (χ0) is 18.2. The van der Waals surface area contributed by atoms with Crippen molar-refractivity contribution in [3.8, 4) is 11.1 Å². The van der Waals surface area contributed by atoms with Crippen LogP contribution < -0.4 is 10.6 Å². The van der Waals surface area contributed by atoms with Crippen molar-refractivity contribution in [1.29, 1.82) is 0 Å². The van der Waals surface area contributed by atoms with E-state index in [1.54, 1.807) is 6.07 Å². The number of halogens is 3. The van der Waals surface area contributed by atoms with Gasteiger partial charge in [0.2, 0.25) is 5.91 Å². The van der Waals surface area contributed by atoms with Crippen LogP contribution in [0.4, 0.5) is 0 Å². The first-order chi connectivity index (χ1) is 12.0. The summed E-state index contributed by atoms with van der Waals surface area (Å²) in [5, 5.41) is 7.16. The van der Waals surface area contributed by atoms with Crippen molar-refractivity contribution in [3.05, 3.63) is 58.1 Å². The lowest BCUT2D eigenvalue weighted by atomic mass is 10.0. The molecule has 2 aromatic carbocycles. The van der Waals surface area contributed by atoms with Crippen molar-refractivity contribution in [1.82, 2.24) is 10.6 Å². The molecule has 3 nitrogen and oxygen atoms in total. The fourth-order valence-corrected chi connectivity index (χ4v) is 2.99. The first kappa shape index (κ1) is 22.8. The number of nitrogens with one attached hydrogen (secondary N) is 2. The van der Waals surface area contributed by atoms with Gasteiger partial charge >= 0.3 is 0 Å². The average Bonchev–Trinajstić information content (AvgIpc) is 2.62. The Morgan fingerprint density at radius 3 is 2.27 bits per heavy atom. The van der Waals surface area contributed by atoms with Crippen molar-refractivity contribution >= 4 is 41.5 Å². The van der Waals surface area contributed by atoms with Crippen molar-refractivity contribution < 1.29 is 4.79 Å². The summed E-state index contributed by atoms with van der Waals surface area (Å²) < 4.78 is 0. The summed E-state index contributed by atoms with van der Waals surface area (Å²) in [5.74, 6) is 0.0665. The molecular weight excluding hydrogens is 391 g/mol. The molecule has 2 N–H and O–H groups in total. The molecule has 1 atom stereocenters. The number of carbonyl (C=O) groups excluding carboxylic acids is 1. The van der Waals surface area contributed by atoms with Gasteiger partial charge in [0.05, 0.1) is 16.1 Å². The van der Waals surface area contributed by atoms with Crippen LogP contribution in [-0.4, -0.2) is 25.5 Å².